The first kappa shape index (κ1) is 18.7. The average Bonchev–Trinajstić information content (AvgIpc) is 2.66. The smallest absolute Gasteiger partial charge is 0.376 e. The third-order valence-corrected chi connectivity index (χ3v) is 4.41. The molecule has 1 heterocycles. The van der Waals surface area contributed by atoms with E-state index in [9.17, 15) is 9.90 Å². The second-order valence-corrected chi connectivity index (χ2v) is 6.51. The highest BCUT2D eigenvalue weighted by Crippen LogP contribution is 2.44. The molecule has 1 aliphatic heterocycles. The molecule has 0 fully saturated rings. The third-order valence-electron chi connectivity index (χ3n) is 4.18. The van der Waals surface area contributed by atoms with Crippen LogP contribution in [-0.2, 0) is 19.9 Å². The van der Waals surface area contributed by atoms with Crippen LogP contribution in [0.5, 0.6) is 5.75 Å². The molecule has 0 aromatic heterocycles. The second-order valence-electron chi connectivity index (χ2n) is 6.07. The Hall–Kier alpha value is -2.12. The van der Waals surface area contributed by atoms with Gasteiger partial charge in [-0.1, -0.05) is 41.9 Å². The monoisotopic (exact) mass is 378 g/mol. The van der Waals surface area contributed by atoms with Crippen LogP contribution in [0.1, 0.15) is 18.1 Å². The van der Waals surface area contributed by atoms with Gasteiger partial charge in [-0.3, -0.25) is 0 Å². The lowest BCUT2D eigenvalue weighted by Gasteiger charge is -2.39. The molecule has 0 radical (unpaired) electrons. The first-order valence-corrected chi connectivity index (χ1v) is 8.47. The minimum atomic E-state index is -1.32. The Bertz CT molecular complexity index is 781. The van der Waals surface area contributed by atoms with Gasteiger partial charge in [0.15, 0.2) is 0 Å². The number of aliphatic hydroxyl groups excluding tert-OH is 2. The van der Waals surface area contributed by atoms with E-state index in [4.69, 9.17) is 30.9 Å². The van der Waals surface area contributed by atoms with E-state index in [1.807, 2.05) is 37.3 Å². The molecule has 0 saturated heterocycles. The Morgan fingerprint density at radius 1 is 1.31 bits per heavy atom. The Morgan fingerprint density at radius 3 is 2.73 bits per heavy atom. The van der Waals surface area contributed by atoms with Crippen molar-refractivity contribution in [3.8, 4) is 5.75 Å². The predicted molar refractivity (Wildman–Crippen MR) is 93.9 cm³/mol. The van der Waals surface area contributed by atoms with Gasteiger partial charge in [-0.2, -0.15) is 0 Å². The normalized spacial score (nSPS) is 22.8. The third kappa shape index (κ3) is 3.68. The zero-order valence-electron chi connectivity index (χ0n) is 14.1. The van der Waals surface area contributed by atoms with Crippen molar-refractivity contribution in [1.82, 2.24) is 0 Å². The minimum absolute atomic E-state index is 0.353. The van der Waals surface area contributed by atoms with Crippen molar-refractivity contribution in [3.05, 3.63) is 64.7 Å². The lowest BCUT2D eigenvalue weighted by Crippen LogP contribution is -2.45. The maximum atomic E-state index is 12.3. The van der Waals surface area contributed by atoms with Crippen LogP contribution in [0.2, 0.25) is 5.02 Å². The standard InChI is InChI=1S/C19H19ClO6/c1-19(12-5-3-2-4-6-12)15-9-13(20)7-8-16(15)25-18(26-19)17(23)24-11-14(22)10-21/h2-9,14,18,21-22H,10-11H2,1H3. The number of carbonyl (C=O) groups is 1. The van der Waals surface area contributed by atoms with Gasteiger partial charge in [-0.15, -0.1) is 0 Å². The van der Waals surface area contributed by atoms with Crippen molar-refractivity contribution < 1.29 is 29.2 Å². The zero-order chi connectivity index (χ0) is 18.7. The molecule has 6 nitrogen and oxygen atoms in total. The first-order valence-electron chi connectivity index (χ1n) is 8.09. The zero-order valence-corrected chi connectivity index (χ0v) is 14.8. The average molecular weight is 379 g/mol. The Balaban J connectivity index is 1.94. The van der Waals surface area contributed by atoms with Crippen LogP contribution in [0.4, 0.5) is 0 Å². The molecule has 3 unspecified atom stereocenters. The number of hydrogen-bond donors (Lipinski definition) is 2. The number of benzene rings is 2. The lowest BCUT2D eigenvalue weighted by atomic mass is 9.86. The number of ether oxygens (including phenoxy) is 3. The molecule has 0 spiro atoms. The highest BCUT2D eigenvalue weighted by atomic mass is 35.5. The summed E-state index contributed by atoms with van der Waals surface area (Å²) in [5.41, 5.74) is 0.523. The Labute approximate surface area is 155 Å². The fourth-order valence-corrected chi connectivity index (χ4v) is 2.94. The molecule has 2 N–H and O–H groups in total. The van der Waals surface area contributed by atoms with E-state index in [0.29, 0.717) is 16.3 Å². The molecular formula is C19H19ClO6. The molecule has 26 heavy (non-hydrogen) atoms. The summed E-state index contributed by atoms with van der Waals surface area (Å²) in [4.78, 5) is 12.3. The molecule has 0 amide bonds. The van der Waals surface area contributed by atoms with Crippen molar-refractivity contribution in [2.75, 3.05) is 13.2 Å². The minimum Gasteiger partial charge on any atom is -0.458 e. The topological polar surface area (TPSA) is 85.2 Å². The fourth-order valence-electron chi connectivity index (χ4n) is 2.77. The van der Waals surface area contributed by atoms with Gasteiger partial charge >= 0.3 is 12.3 Å². The Morgan fingerprint density at radius 2 is 2.04 bits per heavy atom. The van der Waals surface area contributed by atoms with E-state index in [-0.39, 0.29) is 6.61 Å². The molecule has 1 aliphatic rings. The van der Waals surface area contributed by atoms with Gasteiger partial charge in [-0.25, -0.2) is 4.79 Å². The van der Waals surface area contributed by atoms with Gasteiger partial charge < -0.3 is 24.4 Å². The SMILES string of the molecule is CC1(c2ccccc2)OC(C(=O)OCC(O)CO)Oc2ccc(Cl)cc21. The quantitative estimate of drug-likeness (QED) is 0.776. The maximum absolute atomic E-state index is 12.3. The van der Waals surface area contributed by atoms with E-state index in [0.717, 1.165) is 5.56 Å². The Kier molecular flexibility index (Phi) is 5.48. The summed E-state index contributed by atoms with van der Waals surface area (Å²) in [6.07, 6.45) is -2.48. The van der Waals surface area contributed by atoms with Gasteiger partial charge in [0.1, 0.15) is 24.1 Å². The molecule has 2 aromatic rings. The second kappa shape index (κ2) is 7.63. The van der Waals surface area contributed by atoms with Crippen LogP contribution in [0, 0.1) is 0 Å². The van der Waals surface area contributed by atoms with Gasteiger partial charge in [0, 0.05) is 10.6 Å². The van der Waals surface area contributed by atoms with Gasteiger partial charge in [0.25, 0.3) is 0 Å². The van der Waals surface area contributed by atoms with E-state index in [1.54, 1.807) is 18.2 Å². The fraction of sp³-hybridized carbons (Fsp3) is 0.316. The molecule has 3 rings (SSSR count). The summed E-state index contributed by atoms with van der Waals surface area (Å²) >= 11 is 6.14. The summed E-state index contributed by atoms with van der Waals surface area (Å²) in [5.74, 6) is -0.336. The van der Waals surface area contributed by atoms with Gasteiger partial charge in [-0.05, 0) is 30.7 Å². The van der Waals surface area contributed by atoms with Gasteiger partial charge in [0.2, 0.25) is 0 Å². The van der Waals surface area contributed by atoms with Crippen LogP contribution in [0.25, 0.3) is 0 Å². The molecular weight excluding hydrogens is 360 g/mol. The number of carbonyl (C=O) groups excluding carboxylic acids is 1. The predicted octanol–water partition coefficient (Wildman–Crippen LogP) is 2.24. The van der Waals surface area contributed by atoms with Crippen LogP contribution in [0.15, 0.2) is 48.5 Å². The highest BCUT2D eigenvalue weighted by Gasteiger charge is 2.44. The van der Waals surface area contributed by atoms with Crippen LogP contribution < -0.4 is 4.74 Å². The number of aliphatic hydroxyl groups is 2. The molecule has 3 atom stereocenters. The van der Waals surface area contributed by atoms with E-state index in [1.165, 1.54) is 0 Å². The molecule has 2 aromatic carbocycles. The number of hydrogen-bond acceptors (Lipinski definition) is 6. The van der Waals surface area contributed by atoms with Crippen molar-refractivity contribution in [3.63, 3.8) is 0 Å². The first-order chi connectivity index (χ1) is 12.4. The molecule has 138 valence electrons. The summed E-state index contributed by atoms with van der Waals surface area (Å²) in [7, 11) is 0. The van der Waals surface area contributed by atoms with Crippen molar-refractivity contribution in [1.29, 1.82) is 0 Å². The molecule has 0 bridgehead atoms. The van der Waals surface area contributed by atoms with Crippen molar-refractivity contribution in [2.45, 2.75) is 24.9 Å². The molecule has 7 heteroatoms. The summed E-state index contributed by atoms with van der Waals surface area (Å²) < 4.78 is 16.6. The largest absolute Gasteiger partial charge is 0.458 e. The van der Waals surface area contributed by atoms with Crippen LogP contribution in [0.3, 0.4) is 0 Å². The number of rotatable bonds is 5. The van der Waals surface area contributed by atoms with Gasteiger partial charge in [0.05, 0.1) is 6.61 Å². The molecule has 0 aliphatic carbocycles. The number of fused-ring (bicyclic) bond motifs is 1. The number of halogens is 1. The van der Waals surface area contributed by atoms with E-state index in [2.05, 4.69) is 0 Å². The maximum Gasteiger partial charge on any atom is 0.376 e. The van der Waals surface area contributed by atoms with Crippen LogP contribution >= 0.6 is 11.6 Å². The highest BCUT2D eigenvalue weighted by molar-refractivity contribution is 6.30. The summed E-state index contributed by atoms with van der Waals surface area (Å²) in [5, 5.41) is 18.7. The lowest BCUT2D eigenvalue weighted by molar-refractivity contribution is -0.208. The molecule has 0 saturated carbocycles. The van der Waals surface area contributed by atoms with Crippen LogP contribution in [-0.4, -0.2) is 41.8 Å². The van der Waals surface area contributed by atoms with Crippen molar-refractivity contribution in [2.24, 2.45) is 0 Å². The summed E-state index contributed by atoms with van der Waals surface area (Å²) in [6.45, 7) is 0.958. The number of esters is 1. The van der Waals surface area contributed by atoms with E-state index < -0.39 is 30.6 Å². The summed E-state index contributed by atoms with van der Waals surface area (Å²) in [6, 6.07) is 14.5. The van der Waals surface area contributed by atoms with E-state index >= 15 is 0 Å². The van der Waals surface area contributed by atoms with Crippen molar-refractivity contribution >= 4 is 17.6 Å².